The summed E-state index contributed by atoms with van der Waals surface area (Å²) in [5, 5.41) is 15.3. The molecular formula is C54H62N10O6. The Balaban J connectivity index is 1.05. The Kier molecular flexibility index (Phi) is 14.3. The highest BCUT2D eigenvalue weighted by molar-refractivity contribution is 5.87. The number of carbonyl (C=O) groups excluding carboxylic acids is 4. The summed E-state index contributed by atoms with van der Waals surface area (Å²) in [5.74, 6) is 0.818. The number of amides is 4. The van der Waals surface area contributed by atoms with Crippen molar-refractivity contribution >= 4 is 24.0 Å². The van der Waals surface area contributed by atoms with Gasteiger partial charge in [-0.2, -0.15) is 5.26 Å². The van der Waals surface area contributed by atoms with E-state index in [-0.39, 0.29) is 35.7 Å². The number of aromatic nitrogens is 5. The van der Waals surface area contributed by atoms with Gasteiger partial charge in [0.1, 0.15) is 23.7 Å². The topological polar surface area (TPSA) is 203 Å². The highest BCUT2D eigenvalue weighted by atomic mass is 16.5. The van der Waals surface area contributed by atoms with Crippen LogP contribution in [0.1, 0.15) is 96.5 Å². The van der Waals surface area contributed by atoms with Gasteiger partial charge in [0, 0.05) is 18.8 Å². The minimum absolute atomic E-state index is 0.132. The van der Waals surface area contributed by atoms with Gasteiger partial charge in [-0.25, -0.2) is 19.6 Å². The second kappa shape index (κ2) is 20.5. The molecule has 5 heterocycles. The molecule has 2 aliphatic rings. The molecule has 2 saturated heterocycles. The summed E-state index contributed by atoms with van der Waals surface area (Å²) in [7, 11) is 2.57. The number of H-pyrrole nitrogens is 2. The molecule has 0 aliphatic carbocycles. The molecule has 0 unspecified atom stereocenters. The third kappa shape index (κ3) is 9.92. The third-order valence-corrected chi connectivity index (χ3v) is 13.7. The van der Waals surface area contributed by atoms with Gasteiger partial charge in [0.25, 0.3) is 0 Å². The average Bonchev–Trinajstić information content (AvgIpc) is 4.24. The first-order chi connectivity index (χ1) is 33.6. The number of imidazole rings is 2. The monoisotopic (exact) mass is 946 g/mol. The Morgan fingerprint density at radius 3 is 1.41 bits per heavy atom. The summed E-state index contributed by atoms with van der Waals surface area (Å²) in [6.07, 6.45) is 5.48. The summed E-state index contributed by atoms with van der Waals surface area (Å²) < 4.78 is 11.8. The van der Waals surface area contributed by atoms with Crippen molar-refractivity contribution in [1.29, 1.82) is 5.26 Å². The summed E-state index contributed by atoms with van der Waals surface area (Å²) >= 11 is 0. The molecule has 3 aromatic heterocycles. The van der Waals surface area contributed by atoms with Crippen LogP contribution in [0.15, 0.2) is 97.3 Å². The fraction of sp³-hybridized carbons (Fsp3) is 0.389. The van der Waals surface area contributed by atoms with Gasteiger partial charge in [-0.15, -0.1) is 0 Å². The number of ether oxygens (including phenoxy) is 2. The molecule has 0 spiro atoms. The predicted molar refractivity (Wildman–Crippen MR) is 266 cm³/mol. The highest BCUT2D eigenvalue weighted by Gasteiger charge is 2.39. The third-order valence-electron chi connectivity index (χ3n) is 13.7. The number of benzene rings is 3. The minimum Gasteiger partial charge on any atom is -0.453 e. The number of nitrogens with zero attached hydrogens (tertiary/aromatic N) is 6. The van der Waals surface area contributed by atoms with Crippen molar-refractivity contribution in [2.24, 2.45) is 11.8 Å². The normalized spacial score (nSPS) is 16.8. The molecule has 16 nitrogen and oxygen atoms in total. The molecule has 2 fully saturated rings. The standard InChI is InChI=1S/C54H62N10O6/c1-32(2)46(60-52(67)69-7)50(65)62-27-9-11-44(62)48-56-29-40(58-48)34-13-17-36(18-14-34)42-25-26-43(64(42)39-23-21-38(22-24-39)54(5,6)31-55)37-19-15-35(16-20-37)41-30-57-49(59-41)45-12-10-28-63(45)51(66)47(33(3)4)61-53(68)70-8/h13-26,29-30,32-33,44-47H,9-12,27-28H2,1-8H3,(H,56,58)(H,57,59)(H,60,67)(H,61,68)/t44-,45-,46-,47-/m0/s1. The van der Waals surface area contributed by atoms with Crippen molar-refractivity contribution in [2.75, 3.05) is 27.3 Å². The van der Waals surface area contributed by atoms with E-state index in [0.717, 1.165) is 82.0 Å². The lowest BCUT2D eigenvalue weighted by molar-refractivity contribution is -0.136. The number of rotatable bonds is 14. The molecule has 70 heavy (non-hydrogen) atoms. The summed E-state index contributed by atoms with van der Waals surface area (Å²) in [6.45, 7) is 12.6. The number of likely N-dealkylation sites (tertiary alicyclic amines) is 2. The summed E-state index contributed by atoms with van der Waals surface area (Å²) in [4.78, 5) is 71.7. The number of hydrogen-bond acceptors (Lipinski definition) is 9. The zero-order valence-corrected chi connectivity index (χ0v) is 41.1. The molecule has 0 saturated carbocycles. The Morgan fingerprint density at radius 2 is 1.04 bits per heavy atom. The number of aromatic amines is 2. The second-order valence-electron chi connectivity index (χ2n) is 19.3. The molecular weight excluding hydrogens is 885 g/mol. The van der Waals surface area contributed by atoms with Crippen LogP contribution in [0, 0.1) is 23.2 Å². The van der Waals surface area contributed by atoms with Crippen LogP contribution < -0.4 is 10.6 Å². The Bertz CT molecular complexity index is 2710. The molecule has 0 radical (unpaired) electrons. The van der Waals surface area contributed by atoms with Gasteiger partial charge < -0.3 is 44.4 Å². The highest BCUT2D eigenvalue weighted by Crippen LogP contribution is 2.38. The molecule has 4 amide bonds. The quantitative estimate of drug-likeness (QED) is 0.0820. The molecule has 0 bridgehead atoms. The van der Waals surface area contributed by atoms with Crippen molar-refractivity contribution in [3.63, 3.8) is 0 Å². The summed E-state index contributed by atoms with van der Waals surface area (Å²) in [6, 6.07) is 29.5. The van der Waals surface area contributed by atoms with Crippen LogP contribution >= 0.6 is 0 Å². The molecule has 4 atom stereocenters. The van der Waals surface area contributed by atoms with E-state index in [2.05, 4.69) is 104 Å². The van der Waals surface area contributed by atoms with Crippen molar-refractivity contribution < 1.29 is 28.7 Å². The number of nitriles is 1. The van der Waals surface area contributed by atoms with Crippen LogP contribution in [0.25, 0.3) is 50.7 Å². The maximum atomic E-state index is 13.7. The maximum Gasteiger partial charge on any atom is 0.407 e. The lowest BCUT2D eigenvalue weighted by Crippen LogP contribution is -2.51. The van der Waals surface area contributed by atoms with E-state index in [1.807, 2.05) is 53.7 Å². The van der Waals surface area contributed by atoms with Crippen LogP contribution in [0.4, 0.5) is 9.59 Å². The molecule has 3 aromatic carbocycles. The van der Waals surface area contributed by atoms with E-state index in [9.17, 15) is 24.4 Å². The maximum absolute atomic E-state index is 13.7. The van der Waals surface area contributed by atoms with E-state index in [4.69, 9.17) is 19.4 Å². The zero-order valence-electron chi connectivity index (χ0n) is 41.1. The van der Waals surface area contributed by atoms with Crippen LogP contribution in [-0.4, -0.2) is 97.7 Å². The number of methoxy groups -OCH3 is 2. The SMILES string of the molecule is COC(=O)N[C@H](C(=O)N1CCC[C@H]1c1ncc(-c2ccc(-c3ccc(-c4ccc(-c5cnc([C@@H]6CCCN6C(=O)[C@@H](NC(=O)OC)C(C)C)[nH]5)cc4)n3-c3ccc(C(C)(C)C#N)cc3)cc2)[nH]1)C(C)C. The van der Waals surface area contributed by atoms with Gasteiger partial charge in [-0.05, 0) is 103 Å². The van der Waals surface area contributed by atoms with Gasteiger partial charge >= 0.3 is 12.2 Å². The van der Waals surface area contributed by atoms with Crippen molar-refractivity contribution in [1.82, 2.24) is 44.9 Å². The van der Waals surface area contributed by atoms with Crippen molar-refractivity contribution in [2.45, 2.75) is 96.8 Å². The van der Waals surface area contributed by atoms with E-state index in [1.165, 1.54) is 14.2 Å². The first kappa shape index (κ1) is 48.8. The number of carbonyl (C=O) groups is 4. The minimum atomic E-state index is -0.717. The number of nitrogens with one attached hydrogen (secondary N) is 4. The van der Waals surface area contributed by atoms with Gasteiger partial charge in [-0.3, -0.25) is 9.59 Å². The van der Waals surface area contributed by atoms with E-state index >= 15 is 0 Å². The Labute approximate surface area is 408 Å². The largest absolute Gasteiger partial charge is 0.453 e. The van der Waals surface area contributed by atoms with Crippen LogP contribution in [0.3, 0.4) is 0 Å². The fourth-order valence-electron chi connectivity index (χ4n) is 9.59. The lowest BCUT2D eigenvalue weighted by Gasteiger charge is -2.30. The van der Waals surface area contributed by atoms with Crippen LogP contribution in [0.2, 0.25) is 0 Å². The molecule has 16 heteroatoms. The van der Waals surface area contributed by atoms with Crippen molar-refractivity contribution in [3.8, 4) is 56.8 Å². The van der Waals surface area contributed by atoms with E-state index in [0.29, 0.717) is 24.7 Å². The first-order valence-corrected chi connectivity index (χ1v) is 24.0. The van der Waals surface area contributed by atoms with Crippen LogP contribution in [-0.2, 0) is 24.5 Å². The van der Waals surface area contributed by atoms with Gasteiger partial charge in [0.15, 0.2) is 0 Å². The average molecular weight is 947 g/mol. The lowest BCUT2D eigenvalue weighted by atomic mass is 9.86. The van der Waals surface area contributed by atoms with Gasteiger partial charge in [-0.1, -0.05) is 88.4 Å². The van der Waals surface area contributed by atoms with Gasteiger partial charge in [0.05, 0.1) is 73.0 Å². The molecule has 2 aliphatic heterocycles. The zero-order chi connectivity index (χ0) is 49.9. The molecule has 4 N–H and O–H groups in total. The Morgan fingerprint density at radius 1 is 0.643 bits per heavy atom. The number of hydrogen-bond donors (Lipinski definition) is 4. The van der Waals surface area contributed by atoms with Crippen LogP contribution in [0.5, 0.6) is 0 Å². The number of alkyl carbamates (subject to hydrolysis) is 2. The molecule has 8 rings (SSSR count). The smallest absolute Gasteiger partial charge is 0.407 e. The molecule has 6 aromatic rings. The van der Waals surface area contributed by atoms with Gasteiger partial charge in [0.2, 0.25) is 11.8 Å². The second-order valence-corrected chi connectivity index (χ2v) is 19.3. The van der Waals surface area contributed by atoms with E-state index < -0.39 is 29.7 Å². The molecule has 364 valence electrons. The fourth-order valence-corrected chi connectivity index (χ4v) is 9.59. The Hall–Kier alpha value is -7.67. The predicted octanol–water partition coefficient (Wildman–Crippen LogP) is 9.48. The van der Waals surface area contributed by atoms with Crippen molar-refractivity contribution in [3.05, 3.63) is 115 Å². The van der Waals surface area contributed by atoms with E-state index in [1.54, 1.807) is 22.2 Å². The first-order valence-electron chi connectivity index (χ1n) is 24.0. The summed E-state index contributed by atoms with van der Waals surface area (Å²) in [5.41, 5.74) is 8.65.